The SMILES string of the molecule is CNCc1cccc(F)n1.Cl. The molecule has 2 nitrogen and oxygen atoms in total. The second kappa shape index (κ2) is 5.04. The fourth-order valence-electron chi connectivity index (χ4n) is 0.730. The molecule has 0 bridgehead atoms. The van der Waals surface area contributed by atoms with Gasteiger partial charge in [0.15, 0.2) is 0 Å². The maximum absolute atomic E-state index is 12.4. The number of hydrogen-bond donors (Lipinski definition) is 1. The molecule has 1 aromatic rings. The second-order valence-corrected chi connectivity index (χ2v) is 1.98. The van der Waals surface area contributed by atoms with Crippen LogP contribution in [0.5, 0.6) is 0 Å². The Labute approximate surface area is 71.2 Å². The van der Waals surface area contributed by atoms with E-state index in [1.165, 1.54) is 6.07 Å². The minimum Gasteiger partial charge on any atom is -0.314 e. The highest BCUT2D eigenvalue weighted by Gasteiger charge is 1.92. The minimum absolute atomic E-state index is 0. The first-order valence-electron chi connectivity index (χ1n) is 3.09. The lowest BCUT2D eigenvalue weighted by molar-refractivity contribution is 0.573. The fraction of sp³-hybridized carbons (Fsp3) is 0.286. The van der Waals surface area contributed by atoms with Crippen molar-refractivity contribution >= 4 is 12.4 Å². The van der Waals surface area contributed by atoms with Gasteiger partial charge in [-0.05, 0) is 19.2 Å². The van der Waals surface area contributed by atoms with Crippen molar-refractivity contribution in [2.45, 2.75) is 6.54 Å². The lowest BCUT2D eigenvalue weighted by Gasteiger charge is -1.96. The molecule has 0 radical (unpaired) electrons. The molecule has 0 aliphatic heterocycles. The van der Waals surface area contributed by atoms with E-state index in [9.17, 15) is 4.39 Å². The van der Waals surface area contributed by atoms with E-state index in [-0.39, 0.29) is 12.4 Å². The van der Waals surface area contributed by atoms with Crippen molar-refractivity contribution in [2.75, 3.05) is 7.05 Å². The average molecular weight is 177 g/mol. The summed E-state index contributed by atoms with van der Waals surface area (Å²) in [6.07, 6.45) is 0. The number of halogens is 2. The van der Waals surface area contributed by atoms with Gasteiger partial charge in [-0.2, -0.15) is 4.39 Å². The smallest absolute Gasteiger partial charge is 0.213 e. The van der Waals surface area contributed by atoms with Crippen molar-refractivity contribution in [3.63, 3.8) is 0 Å². The molecule has 62 valence electrons. The highest BCUT2D eigenvalue weighted by atomic mass is 35.5. The van der Waals surface area contributed by atoms with Crippen LogP contribution in [0.25, 0.3) is 0 Å². The third-order valence-corrected chi connectivity index (χ3v) is 1.13. The molecular formula is C7H10ClFN2. The van der Waals surface area contributed by atoms with Gasteiger partial charge >= 0.3 is 0 Å². The molecule has 0 saturated carbocycles. The summed E-state index contributed by atoms with van der Waals surface area (Å²) in [5.41, 5.74) is 0.725. The van der Waals surface area contributed by atoms with Crippen LogP contribution in [0.1, 0.15) is 5.69 Å². The summed E-state index contributed by atoms with van der Waals surface area (Å²) in [7, 11) is 1.80. The van der Waals surface area contributed by atoms with Crippen molar-refractivity contribution in [3.05, 3.63) is 29.8 Å². The maximum atomic E-state index is 12.4. The summed E-state index contributed by atoms with van der Waals surface area (Å²) in [6, 6.07) is 4.76. The molecule has 0 unspecified atom stereocenters. The molecule has 11 heavy (non-hydrogen) atoms. The van der Waals surface area contributed by atoms with Gasteiger partial charge in [0, 0.05) is 6.54 Å². The van der Waals surface area contributed by atoms with Gasteiger partial charge in [0.05, 0.1) is 5.69 Å². The molecule has 1 aromatic heterocycles. The highest BCUT2D eigenvalue weighted by molar-refractivity contribution is 5.85. The Morgan fingerprint density at radius 1 is 1.55 bits per heavy atom. The summed E-state index contributed by atoms with van der Waals surface area (Å²) < 4.78 is 12.4. The van der Waals surface area contributed by atoms with E-state index in [0.29, 0.717) is 6.54 Å². The lowest BCUT2D eigenvalue weighted by atomic mass is 10.3. The summed E-state index contributed by atoms with van der Waals surface area (Å²) >= 11 is 0. The number of aromatic nitrogens is 1. The zero-order valence-corrected chi connectivity index (χ0v) is 6.99. The van der Waals surface area contributed by atoms with Crippen LogP contribution in [0.15, 0.2) is 18.2 Å². The summed E-state index contributed by atoms with van der Waals surface area (Å²) in [6.45, 7) is 0.609. The Hall–Kier alpha value is -0.670. The largest absolute Gasteiger partial charge is 0.314 e. The molecule has 1 rings (SSSR count). The molecule has 0 spiro atoms. The molecule has 0 aromatic carbocycles. The van der Waals surface area contributed by atoms with Gasteiger partial charge in [0.1, 0.15) is 0 Å². The van der Waals surface area contributed by atoms with Gasteiger partial charge in [-0.15, -0.1) is 12.4 Å². The quantitative estimate of drug-likeness (QED) is 0.689. The zero-order chi connectivity index (χ0) is 7.40. The summed E-state index contributed by atoms with van der Waals surface area (Å²) in [5, 5.41) is 2.88. The van der Waals surface area contributed by atoms with E-state index < -0.39 is 5.95 Å². The Bertz CT molecular complexity index is 217. The first-order chi connectivity index (χ1) is 4.83. The highest BCUT2D eigenvalue weighted by Crippen LogP contribution is 1.95. The number of rotatable bonds is 2. The predicted octanol–water partition coefficient (Wildman–Crippen LogP) is 1.36. The van der Waals surface area contributed by atoms with E-state index in [2.05, 4.69) is 10.3 Å². The Kier molecular flexibility index (Phi) is 4.74. The summed E-state index contributed by atoms with van der Waals surface area (Å²) in [4.78, 5) is 3.63. The number of nitrogens with zero attached hydrogens (tertiary/aromatic N) is 1. The number of nitrogens with one attached hydrogen (secondary N) is 1. The van der Waals surface area contributed by atoms with Gasteiger partial charge in [-0.1, -0.05) is 6.07 Å². The third-order valence-electron chi connectivity index (χ3n) is 1.13. The Balaban J connectivity index is 0.000001000. The summed E-state index contributed by atoms with van der Waals surface area (Å²) in [5.74, 6) is -0.423. The first kappa shape index (κ1) is 10.3. The van der Waals surface area contributed by atoms with Gasteiger partial charge in [0.2, 0.25) is 5.95 Å². The second-order valence-electron chi connectivity index (χ2n) is 1.98. The minimum atomic E-state index is -0.423. The molecule has 0 aliphatic carbocycles. The normalized spacial score (nSPS) is 8.91. The van der Waals surface area contributed by atoms with Crippen molar-refractivity contribution in [3.8, 4) is 0 Å². The monoisotopic (exact) mass is 176 g/mol. The number of pyridine rings is 1. The third kappa shape index (κ3) is 3.30. The standard InChI is InChI=1S/C7H9FN2.ClH/c1-9-5-6-3-2-4-7(8)10-6;/h2-4,9H,5H2,1H3;1H. The van der Waals surface area contributed by atoms with Crippen LogP contribution in [0.4, 0.5) is 4.39 Å². The molecule has 0 aliphatic rings. The van der Waals surface area contributed by atoms with Crippen LogP contribution >= 0.6 is 12.4 Å². The molecule has 0 fully saturated rings. The van der Waals surface area contributed by atoms with Crippen LogP contribution in [0.2, 0.25) is 0 Å². The van der Waals surface area contributed by atoms with Crippen LogP contribution in [-0.2, 0) is 6.54 Å². The molecule has 0 saturated heterocycles. The van der Waals surface area contributed by atoms with Gasteiger partial charge < -0.3 is 5.32 Å². The maximum Gasteiger partial charge on any atom is 0.213 e. The van der Waals surface area contributed by atoms with E-state index in [1.54, 1.807) is 19.2 Å². The van der Waals surface area contributed by atoms with Crippen molar-refractivity contribution in [2.24, 2.45) is 0 Å². The molecule has 4 heteroatoms. The van der Waals surface area contributed by atoms with E-state index >= 15 is 0 Å². The Morgan fingerprint density at radius 3 is 2.82 bits per heavy atom. The first-order valence-corrected chi connectivity index (χ1v) is 3.09. The number of hydrogen-bond acceptors (Lipinski definition) is 2. The molecule has 0 atom stereocenters. The van der Waals surface area contributed by atoms with E-state index in [4.69, 9.17) is 0 Å². The molecular weight excluding hydrogens is 167 g/mol. The molecule has 1 N–H and O–H groups in total. The van der Waals surface area contributed by atoms with E-state index in [0.717, 1.165) is 5.69 Å². The zero-order valence-electron chi connectivity index (χ0n) is 6.17. The van der Waals surface area contributed by atoms with Crippen molar-refractivity contribution < 1.29 is 4.39 Å². The van der Waals surface area contributed by atoms with E-state index in [1.807, 2.05) is 0 Å². The lowest BCUT2D eigenvalue weighted by Crippen LogP contribution is -2.07. The topological polar surface area (TPSA) is 24.9 Å². The van der Waals surface area contributed by atoms with Crippen LogP contribution in [0.3, 0.4) is 0 Å². The average Bonchev–Trinajstić information content (AvgIpc) is 1.88. The fourth-order valence-corrected chi connectivity index (χ4v) is 0.730. The van der Waals surface area contributed by atoms with Gasteiger partial charge in [0.25, 0.3) is 0 Å². The van der Waals surface area contributed by atoms with Crippen LogP contribution < -0.4 is 5.32 Å². The van der Waals surface area contributed by atoms with Gasteiger partial charge in [-0.3, -0.25) is 0 Å². The molecule has 1 heterocycles. The predicted molar refractivity (Wildman–Crippen MR) is 44.2 cm³/mol. The Morgan fingerprint density at radius 2 is 2.27 bits per heavy atom. The van der Waals surface area contributed by atoms with Crippen LogP contribution in [0, 0.1) is 5.95 Å². The van der Waals surface area contributed by atoms with Crippen molar-refractivity contribution in [1.82, 2.24) is 10.3 Å². The van der Waals surface area contributed by atoms with Gasteiger partial charge in [-0.25, -0.2) is 4.98 Å². The van der Waals surface area contributed by atoms with Crippen LogP contribution in [-0.4, -0.2) is 12.0 Å². The van der Waals surface area contributed by atoms with Crippen molar-refractivity contribution in [1.29, 1.82) is 0 Å². The molecule has 0 amide bonds.